The highest BCUT2D eigenvalue weighted by Crippen LogP contribution is 2.36. The van der Waals surface area contributed by atoms with Gasteiger partial charge in [0.2, 0.25) is 0 Å². The third kappa shape index (κ3) is 3.82. The van der Waals surface area contributed by atoms with Crippen molar-refractivity contribution >= 4 is 44.0 Å². The van der Waals surface area contributed by atoms with E-state index in [1.54, 1.807) is 18.4 Å². The average Bonchev–Trinajstić information content (AvgIpc) is 3.54. The molecular formula is C25H24N6O2S. The Morgan fingerprint density at radius 3 is 2.88 bits per heavy atom. The van der Waals surface area contributed by atoms with E-state index in [0.717, 1.165) is 57.0 Å². The molecule has 0 bridgehead atoms. The molecule has 1 fully saturated rings. The quantitative estimate of drug-likeness (QED) is 0.371. The maximum absolute atomic E-state index is 5.59. The highest BCUT2D eigenvalue weighted by atomic mass is 32.1. The number of rotatable bonds is 6. The number of H-pyrrole nitrogens is 1. The Labute approximate surface area is 200 Å². The zero-order chi connectivity index (χ0) is 22.9. The lowest BCUT2D eigenvalue weighted by atomic mass is 10.1. The Bertz CT molecular complexity index is 1460. The average molecular weight is 473 g/mol. The van der Waals surface area contributed by atoms with Crippen molar-refractivity contribution in [1.82, 2.24) is 20.2 Å². The van der Waals surface area contributed by atoms with Gasteiger partial charge in [-0.2, -0.15) is 5.10 Å². The summed E-state index contributed by atoms with van der Waals surface area (Å²) in [4.78, 5) is 13.5. The summed E-state index contributed by atoms with van der Waals surface area (Å²) in [6, 6.07) is 16.2. The van der Waals surface area contributed by atoms with E-state index in [1.807, 2.05) is 42.6 Å². The Hall–Kier alpha value is -3.69. The molecule has 8 nitrogen and oxygen atoms in total. The maximum Gasteiger partial charge on any atom is 0.162 e. The highest BCUT2D eigenvalue weighted by molar-refractivity contribution is 7.19. The number of benzene rings is 2. The van der Waals surface area contributed by atoms with Crippen LogP contribution >= 0.6 is 11.3 Å². The first-order valence-corrected chi connectivity index (χ1v) is 12.0. The number of para-hydroxylation sites is 2. The van der Waals surface area contributed by atoms with E-state index in [1.165, 1.54) is 4.88 Å². The molecule has 6 rings (SSSR count). The minimum atomic E-state index is 0.677. The summed E-state index contributed by atoms with van der Waals surface area (Å²) in [7, 11) is 1.69. The predicted molar refractivity (Wildman–Crippen MR) is 136 cm³/mol. The molecule has 5 aromatic rings. The number of hydrogen-bond acceptors (Lipinski definition) is 8. The summed E-state index contributed by atoms with van der Waals surface area (Å²) in [5, 5.41) is 11.8. The van der Waals surface area contributed by atoms with E-state index in [9.17, 15) is 0 Å². The van der Waals surface area contributed by atoms with Crippen molar-refractivity contribution in [3.8, 4) is 17.1 Å². The van der Waals surface area contributed by atoms with Crippen molar-refractivity contribution in [2.75, 3.05) is 43.6 Å². The minimum absolute atomic E-state index is 0.677. The molecule has 3 aromatic heterocycles. The van der Waals surface area contributed by atoms with Crippen LogP contribution in [-0.2, 0) is 11.3 Å². The molecule has 2 aromatic carbocycles. The van der Waals surface area contributed by atoms with Crippen molar-refractivity contribution < 1.29 is 9.47 Å². The zero-order valence-corrected chi connectivity index (χ0v) is 19.6. The summed E-state index contributed by atoms with van der Waals surface area (Å²) >= 11 is 1.73. The molecular weight excluding hydrogens is 448 g/mol. The second kappa shape index (κ2) is 8.92. The van der Waals surface area contributed by atoms with Gasteiger partial charge in [0.25, 0.3) is 0 Å². The fourth-order valence-corrected chi connectivity index (χ4v) is 5.35. The number of anilines is 2. The molecule has 34 heavy (non-hydrogen) atoms. The smallest absolute Gasteiger partial charge is 0.162 e. The molecule has 0 spiro atoms. The molecule has 0 aliphatic carbocycles. The molecule has 0 amide bonds. The Morgan fingerprint density at radius 1 is 1.12 bits per heavy atom. The number of aromatic amines is 1. The summed E-state index contributed by atoms with van der Waals surface area (Å²) in [6.07, 6.45) is 1.84. The van der Waals surface area contributed by atoms with Crippen molar-refractivity contribution in [2.45, 2.75) is 6.54 Å². The Kier molecular flexibility index (Phi) is 5.48. The normalized spacial score (nSPS) is 14.1. The van der Waals surface area contributed by atoms with Gasteiger partial charge in [-0.05, 0) is 24.3 Å². The molecule has 0 saturated carbocycles. The largest absolute Gasteiger partial charge is 0.495 e. The van der Waals surface area contributed by atoms with Crippen LogP contribution in [0.15, 0.2) is 54.7 Å². The van der Waals surface area contributed by atoms with Crippen molar-refractivity contribution in [3.63, 3.8) is 0 Å². The lowest BCUT2D eigenvalue weighted by molar-refractivity contribution is 0.122. The van der Waals surface area contributed by atoms with Gasteiger partial charge in [-0.3, -0.25) is 5.10 Å². The SMILES string of the molecule is COc1ccccc1NCc1cc2nc(-c3cccc4[nH]ncc34)nc(N3CCOCC3)c2s1. The van der Waals surface area contributed by atoms with Crippen molar-refractivity contribution in [3.05, 3.63) is 59.6 Å². The molecule has 1 aliphatic heterocycles. The van der Waals surface area contributed by atoms with Crippen LogP contribution in [0, 0.1) is 0 Å². The van der Waals surface area contributed by atoms with E-state index >= 15 is 0 Å². The van der Waals surface area contributed by atoms with E-state index in [4.69, 9.17) is 19.4 Å². The third-order valence-corrected chi connectivity index (χ3v) is 7.12. The predicted octanol–water partition coefficient (Wildman–Crippen LogP) is 4.69. The molecule has 1 aliphatic rings. The second-order valence-corrected chi connectivity index (χ2v) is 9.22. The van der Waals surface area contributed by atoms with Gasteiger partial charge in [0.1, 0.15) is 5.75 Å². The Balaban J connectivity index is 1.42. The minimum Gasteiger partial charge on any atom is -0.495 e. The number of morpholine rings is 1. The number of fused-ring (bicyclic) bond motifs is 2. The molecule has 2 N–H and O–H groups in total. The molecule has 0 unspecified atom stereocenters. The van der Waals surface area contributed by atoms with Gasteiger partial charge >= 0.3 is 0 Å². The summed E-state index contributed by atoms with van der Waals surface area (Å²) < 4.78 is 12.2. The number of nitrogens with zero attached hydrogens (tertiary/aromatic N) is 4. The molecule has 0 radical (unpaired) electrons. The lowest BCUT2D eigenvalue weighted by Crippen LogP contribution is -2.36. The fraction of sp³-hybridized carbons (Fsp3) is 0.240. The summed E-state index contributed by atoms with van der Waals surface area (Å²) in [5.41, 5.74) is 3.87. The number of hydrogen-bond donors (Lipinski definition) is 2. The van der Waals surface area contributed by atoms with Gasteiger partial charge in [-0.15, -0.1) is 11.3 Å². The van der Waals surface area contributed by atoms with Gasteiger partial charge in [0, 0.05) is 35.5 Å². The third-order valence-electron chi connectivity index (χ3n) is 6.00. The van der Waals surface area contributed by atoms with Crippen LogP contribution in [0.2, 0.25) is 0 Å². The number of methoxy groups -OCH3 is 1. The van der Waals surface area contributed by atoms with Crippen LogP contribution in [-0.4, -0.2) is 53.6 Å². The van der Waals surface area contributed by atoms with E-state index < -0.39 is 0 Å². The topological polar surface area (TPSA) is 88.2 Å². The van der Waals surface area contributed by atoms with Gasteiger partial charge in [0.15, 0.2) is 11.6 Å². The first kappa shape index (κ1) is 20.9. The number of ether oxygens (including phenoxy) is 2. The van der Waals surface area contributed by atoms with Crippen LogP contribution < -0.4 is 15.0 Å². The van der Waals surface area contributed by atoms with Crippen molar-refractivity contribution in [1.29, 1.82) is 0 Å². The Morgan fingerprint density at radius 2 is 2.00 bits per heavy atom. The van der Waals surface area contributed by atoms with Gasteiger partial charge in [0.05, 0.1) is 47.9 Å². The van der Waals surface area contributed by atoms with Crippen LogP contribution in [0.25, 0.3) is 32.5 Å². The first-order chi connectivity index (χ1) is 16.8. The van der Waals surface area contributed by atoms with Crippen LogP contribution in [0.1, 0.15) is 4.88 Å². The number of nitrogens with one attached hydrogen (secondary N) is 2. The van der Waals surface area contributed by atoms with Crippen LogP contribution in [0.3, 0.4) is 0 Å². The molecule has 0 atom stereocenters. The summed E-state index contributed by atoms with van der Waals surface area (Å²) in [6.45, 7) is 3.70. The molecule has 4 heterocycles. The first-order valence-electron chi connectivity index (χ1n) is 11.2. The second-order valence-electron chi connectivity index (χ2n) is 8.09. The molecule has 9 heteroatoms. The highest BCUT2D eigenvalue weighted by Gasteiger charge is 2.21. The summed E-state index contributed by atoms with van der Waals surface area (Å²) in [5.74, 6) is 2.51. The van der Waals surface area contributed by atoms with Gasteiger partial charge in [-0.25, -0.2) is 9.97 Å². The fourth-order valence-electron chi connectivity index (χ4n) is 4.30. The van der Waals surface area contributed by atoms with E-state index in [0.29, 0.717) is 25.6 Å². The maximum atomic E-state index is 5.59. The van der Waals surface area contributed by atoms with Crippen LogP contribution in [0.5, 0.6) is 5.75 Å². The lowest BCUT2D eigenvalue weighted by Gasteiger charge is -2.28. The van der Waals surface area contributed by atoms with Gasteiger partial charge in [-0.1, -0.05) is 24.3 Å². The number of thiophene rings is 1. The molecule has 172 valence electrons. The van der Waals surface area contributed by atoms with Crippen molar-refractivity contribution in [2.24, 2.45) is 0 Å². The van der Waals surface area contributed by atoms with Gasteiger partial charge < -0.3 is 19.7 Å². The monoisotopic (exact) mass is 472 g/mol. The standard InChI is InChI=1S/C25H24N6O2S/c1-32-22-8-3-2-6-20(22)26-14-16-13-21-23(34-16)25(31-9-11-33-12-10-31)29-24(28-21)17-5-4-7-19-18(17)15-27-30-19/h2-8,13,15,26H,9-12,14H2,1H3,(H,27,30). The van der Waals surface area contributed by atoms with Crippen LogP contribution in [0.4, 0.5) is 11.5 Å². The van der Waals surface area contributed by atoms with E-state index in [-0.39, 0.29) is 0 Å². The number of aromatic nitrogens is 4. The molecule has 1 saturated heterocycles. The van der Waals surface area contributed by atoms with E-state index in [2.05, 4.69) is 32.5 Å². The zero-order valence-electron chi connectivity index (χ0n) is 18.7.